The lowest BCUT2D eigenvalue weighted by Crippen LogP contribution is -2.24. The second-order valence-corrected chi connectivity index (χ2v) is 9.49. The van der Waals surface area contributed by atoms with Crippen molar-refractivity contribution < 1.29 is 13.2 Å². The van der Waals surface area contributed by atoms with Gasteiger partial charge in [0.05, 0.1) is 29.5 Å². The molecule has 9 heteroatoms. The molecule has 1 aliphatic rings. The third-order valence-corrected chi connectivity index (χ3v) is 6.77. The zero-order valence-corrected chi connectivity index (χ0v) is 17.6. The number of hydrogen-bond donors (Lipinski definition) is 1. The molecule has 1 aliphatic heterocycles. The number of benzene rings is 1. The quantitative estimate of drug-likeness (QED) is 0.633. The number of anilines is 2. The Morgan fingerprint density at radius 1 is 1.20 bits per heavy atom. The molecule has 3 heterocycles. The van der Waals surface area contributed by atoms with Gasteiger partial charge in [-0.25, -0.2) is 18.1 Å². The van der Waals surface area contributed by atoms with E-state index in [0.717, 1.165) is 16.6 Å². The molecular formula is C21H23N5O3S. The first-order chi connectivity index (χ1) is 14.3. The maximum atomic E-state index is 12.3. The minimum Gasteiger partial charge on any atom is -0.321 e. The third kappa shape index (κ3) is 4.06. The Kier molecular flexibility index (Phi) is 5.29. The second kappa shape index (κ2) is 7.91. The van der Waals surface area contributed by atoms with E-state index >= 15 is 0 Å². The third-order valence-electron chi connectivity index (χ3n) is 4.90. The zero-order valence-electron chi connectivity index (χ0n) is 16.8. The van der Waals surface area contributed by atoms with Crippen LogP contribution < -0.4 is 9.62 Å². The standard InChI is InChI=1S/C21H23N5O3S/c1-15(2)26-21-17(13-23-26)12-18(14-22-21)24-20(27)9-6-16-4-7-19(8-5-16)25-10-3-11-30(25,28)29/h4-9,12-15H,3,10-11H2,1-2H3,(H,24,27)/b9-6+. The van der Waals surface area contributed by atoms with Crippen LogP contribution in [0.1, 0.15) is 31.9 Å². The number of nitrogens with one attached hydrogen (secondary N) is 1. The van der Waals surface area contributed by atoms with Crippen molar-refractivity contribution in [2.75, 3.05) is 21.9 Å². The van der Waals surface area contributed by atoms with E-state index in [4.69, 9.17) is 0 Å². The number of carbonyl (C=O) groups excluding carboxylic acids is 1. The fourth-order valence-corrected chi connectivity index (χ4v) is 4.99. The Morgan fingerprint density at radius 3 is 2.63 bits per heavy atom. The number of sulfonamides is 1. The maximum Gasteiger partial charge on any atom is 0.248 e. The molecular weight excluding hydrogens is 402 g/mol. The second-order valence-electron chi connectivity index (χ2n) is 7.48. The van der Waals surface area contributed by atoms with Crippen LogP contribution in [0.4, 0.5) is 11.4 Å². The first-order valence-electron chi connectivity index (χ1n) is 9.76. The summed E-state index contributed by atoms with van der Waals surface area (Å²) >= 11 is 0. The molecule has 0 bridgehead atoms. The van der Waals surface area contributed by atoms with E-state index in [-0.39, 0.29) is 17.7 Å². The van der Waals surface area contributed by atoms with Crippen LogP contribution in [-0.2, 0) is 14.8 Å². The lowest BCUT2D eigenvalue weighted by molar-refractivity contribution is -0.111. The smallest absolute Gasteiger partial charge is 0.248 e. The van der Waals surface area contributed by atoms with Crippen LogP contribution in [-0.4, -0.2) is 41.4 Å². The number of hydrogen-bond acceptors (Lipinski definition) is 5. The summed E-state index contributed by atoms with van der Waals surface area (Å²) in [5.74, 6) is -0.0908. The summed E-state index contributed by atoms with van der Waals surface area (Å²) in [4.78, 5) is 16.7. The van der Waals surface area contributed by atoms with Gasteiger partial charge in [-0.05, 0) is 50.1 Å². The van der Waals surface area contributed by atoms with Gasteiger partial charge in [-0.2, -0.15) is 5.10 Å². The number of nitrogens with zero attached hydrogens (tertiary/aromatic N) is 4. The van der Waals surface area contributed by atoms with Crippen LogP contribution in [0, 0.1) is 0 Å². The van der Waals surface area contributed by atoms with E-state index in [1.807, 2.05) is 24.6 Å². The molecule has 0 unspecified atom stereocenters. The van der Waals surface area contributed by atoms with Crippen molar-refractivity contribution >= 4 is 44.4 Å². The number of rotatable bonds is 5. The molecule has 2 aromatic heterocycles. The summed E-state index contributed by atoms with van der Waals surface area (Å²) in [5.41, 5.74) is 2.82. The van der Waals surface area contributed by atoms with Gasteiger partial charge in [-0.3, -0.25) is 9.10 Å². The average Bonchev–Trinajstić information content (AvgIpc) is 3.29. The number of pyridine rings is 1. The molecule has 30 heavy (non-hydrogen) atoms. The highest BCUT2D eigenvalue weighted by Crippen LogP contribution is 2.24. The molecule has 156 valence electrons. The largest absolute Gasteiger partial charge is 0.321 e. The van der Waals surface area contributed by atoms with Crippen molar-refractivity contribution in [3.8, 4) is 0 Å². The normalized spacial score (nSPS) is 16.0. The molecule has 4 rings (SSSR count). The average molecular weight is 426 g/mol. The van der Waals surface area contributed by atoms with Gasteiger partial charge in [0.2, 0.25) is 15.9 Å². The van der Waals surface area contributed by atoms with Gasteiger partial charge in [-0.1, -0.05) is 12.1 Å². The molecule has 1 amide bonds. The molecule has 0 aliphatic carbocycles. The molecule has 0 radical (unpaired) electrons. The summed E-state index contributed by atoms with van der Waals surface area (Å²) in [5, 5.41) is 7.98. The maximum absolute atomic E-state index is 12.3. The van der Waals surface area contributed by atoms with E-state index < -0.39 is 10.0 Å². The minimum atomic E-state index is -3.19. The Hall–Kier alpha value is -3.20. The van der Waals surface area contributed by atoms with Crippen molar-refractivity contribution in [1.29, 1.82) is 0 Å². The van der Waals surface area contributed by atoms with E-state index in [1.54, 1.807) is 42.7 Å². The summed E-state index contributed by atoms with van der Waals surface area (Å²) in [6.07, 6.45) is 7.10. The van der Waals surface area contributed by atoms with Gasteiger partial charge in [0.15, 0.2) is 5.65 Å². The summed E-state index contributed by atoms with van der Waals surface area (Å²) in [6.45, 7) is 4.57. The van der Waals surface area contributed by atoms with Crippen molar-refractivity contribution in [2.24, 2.45) is 0 Å². The monoisotopic (exact) mass is 425 g/mol. The van der Waals surface area contributed by atoms with E-state index in [0.29, 0.717) is 24.3 Å². The lowest BCUT2D eigenvalue weighted by Gasteiger charge is -2.16. The van der Waals surface area contributed by atoms with Crippen molar-refractivity contribution in [2.45, 2.75) is 26.3 Å². The van der Waals surface area contributed by atoms with Crippen LogP contribution >= 0.6 is 0 Å². The van der Waals surface area contributed by atoms with Crippen molar-refractivity contribution in [3.05, 3.63) is 54.4 Å². The Morgan fingerprint density at radius 2 is 1.97 bits per heavy atom. The number of amides is 1. The van der Waals surface area contributed by atoms with Gasteiger partial charge in [0, 0.05) is 24.0 Å². The summed E-state index contributed by atoms with van der Waals surface area (Å²) in [7, 11) is -3.19. The van der Waals surface area contributed by atoms with Crippen molar-refractivity contribution in [1.82, 2.24) is 14.8 Å². The van der Waals surface area contributed by atoms with E-state index in [9.17, 15) is 13.2 Å². The van der Waals surface area contributed by atoms with Crippen LogP contribution in [0.25, 0.3) is 17.1 Å². The Labute approximate surface area is 175 Å². The van der Waals surface area contributed by atoms with E-state index in [1.165, 1.54) is 10.4 Å². The first kappa shape index (κ1) is 20.1. The van der Waals surface area contributed by atoms with Crippen LogP contribution in [0.2, 0.25) is 0 Å². The predicted octanol–water partition coefficient (Wildman–Crippen LogP) is 3.20. The van der Waals surface area contributed by atoms with Crippen LogP contribution in [0.15, 0.2) is 48.8 Å². The van der Waals surface area contributed by atoms with Gasteiger partial charge in [0.25, 0.3) is 0 Å². The van der Waals surface area contributed by atoms with Gasteiger partial charge >= 0.3 is 0 Å². The zero-order chi connectivity index (χ0) is 21.3. The minimum absolute atomic E-state index is 0.188. The molecule has 8 nitrogen and oxygen atoms in total. The molecule has 0 spiro atoms. The summed E-state index contributed by atoms with van der Waals surface area (Å²) < 4.78 is 27.3. The lowest BCUT2D eigenvalue weighted by atomic mass is 10.2. The molecule has 0 saturated carbocycles. The molecule has 1 aromatic carbocycles. The highest BCUT2D eigenvalue weighted by molar-refractivity contribution is 7.93. The number of aromatic nitrogens is 3. The summed E-state index contributed by atoms with van der Waals surface area (Å²) in [6, 6.07) is 9.14. The first-order valence-corrected chi connectivity index (χ1v) is 11.4. The molecule has 1 N–H and O–H groups in total. The number of carbonyl (C=O) groups is 1. The predicted molar refractivity (Wildman–Crippen MR) is 118 cm³/mol. The molecule has 1 fully saturated rings. The fraction of sp³-hybridized carbons (Fsp3) is 0.286. The Bertz CT molecular complexity index is 1210. The van der Waals surface area contributed by atoms with Crippen molar-refractivity contribution in [3.63, 3.8) is 0 Å². The van der Waals surface area contributed by atoms with Gasteiger partial charge in [-0.15, -0.1) is 0 Å². The Balaban J connectivity index is 1.42. The van der Waals surface area contributed by atoms with Gasteiger partial charge in [0.1, 0.15) is 0 Å². The highest BCUT2D eigenvalue weighted by atomic mass is 32.2. The highest BCUT2D eigenvalue weighted by Gasteiger charge is 2.28. The van der Waals surface area contributed by atoms with Crippen LogP contribution in [0.5, 0.6) is 0 Å². The van der Waals surface area contributed by atoms with Crippen LogP contribution in [0.3, 0.4) is 0 Å². The molecule has 1 saturated heterocycles. The molecule has 0 atom stereocenters. The van der Waals surface area contributed by atoms with Gasteiger partial charge < -0.3 is 5.32 Å². The topological polar surface area (TPSA) is 97.2 Å². The van der Waals surface area contributed by atoms with E-state index in [2.05, 4.69) is 15.4 Å². The fourth-order valence-electron chi connectivity index (χ4n) is 3.42. The SMILES string of the molecule is CC(C)n1ncc2cc(NC(=O)/C=C/c3ccc(N4CCCS4(=O)=O)cc3)cnc21. The number of fused-ring (bicyclic) bond motifs is 1. The molecule has 3 aromatic rings.